The van der Waals surface area contributed by atoms with Gasteiger partial charge in [0, 0.05) is 47.5 Å². The molecule has 0 radical (unpaired) electrons. The van der Waals surface area contributed by atoms with Gasteiger partial charge in [-0.15, -0.1) is 11.3 Å². The molecule has 1 aromatic heterocycles. The lowest BCUT2D eigenvalue weighted by Gasteiger charge is -2.26. The molecule has 0 aliphatic carbocycles. The zero-order chi connectivity index (χ0) is 12.3. The van der Waals surface area contributed by atoms with Gasteiger partial charge >= 0.3 is 0 Å². The van der Waals surface area contributed by atoms with Gasteiger partial charge in [0.05, 0.1) is 0 Å². The largest absolute Gasteiger partial charge is 0.314 e. The molecule has 0 spiro atoms. The maximum absolute atomic E-state index is 11.9. The average molecular weight is 340 g/mol. The van der Waals surface area contributed by atoms with E-state index in [0.29, 0.717) is 32.7 Å². The first-order chi connectivity index (χ1) is 8.08. The fourth-order valence-corrected chi connectivity index (χ4v) is 4.25. The lowest BCUT2D eigenvalue weighted by molar-refractivity contribution is 0.355. The number of hydrogen-bond donors (Lipinski definition) is 2. The number of halogens is 1. The Morgan fingerprint density at radius 3 is 2.76 bits per heavy atom. The van der Waals surface area contributed by atoms with Gasteiger partial charge in [-0.1, -0.05) is 0 Å². The Bertz CT molecular complexity index is 468. The molecule has 1 aromatic rings. The van der Waals surface area contributed by atoms with Crippen molar-refractivity contribution in [1.82, 2.24) is 14.3 Å². The van der Waals surface area contributed by atoms with Crippen molar-refractivity contribution in [1.29, 1.82) is 0 Å². The van der Waals surface area contributed by atoms with Gasteiger partial charge in [-0.05, 0) is 22.0 Å². The average Bonchev–Trinajstić information content (AvgIpc) is 2.74. The summed E-state index contributed by atoms with van der Waals surface area (Å²) in [5.74, 6) is 0. The summed E-state index contributed by atoms with van der Waals surface area (Å²) < 4.78 is 29.0. The van der Waals surface area contributed by atoms with E-state index in [4.69, 9.17) is 0 Å². The van der Waals surface area contributed by atoms with Crippen molar-refractivity contribution in [2.75, 3.05) is 26.2 Å². The Labute approximate surface area is 114 Å². The first kappa shape index (κ1) is 13.4. The fraction of sp³-hybridized carbons (Fsp3) is 0.556. The minimum absolute atomic E-state index is 0.350. The molecule has 8 heteroatoms. The summed E-state index contributed by atoms with van der Waals surface area (Å²) in [7, 11) is -3.34. The van der Waals surface area contributed by atoms with Crippen molar-refractivity contribution in [2.45, 2.75) is 6.54 Å². The van der Waals surface area contributed by atoms with E-state index in [1.54, 1.807) is 0 Å². The molecular weight excluding hydrogens is 326 g/mol. The minimum atomic E-state index is -3.34. The molecule has 1 fully saturated rings. The Morgan fingerprint density at radius 2 is 2.18 bits per heavy atom. The Kier molecular flexibility index (Phi) is 4.56. The molecular formula is C9H14BrN3O2S2. The molecule has 5 nitrogen and oxygen atoms in total. The van der Waals surface area contributed by atoms with E-state index in [1.807, 2.05) is 11.4 Å². The van der Waals surface area contributed by atoms with Crippen LogP contribution in [0.4, 0.5) is 0 Å². The summed E-state index contributed by atoms with van der Waals surface area (Å²) in [6.45, 7) is 2.84. The monoisotopic (exact) mass is 339 g/mol. The standard InChI is InChI=1S/C9H14BrN3O2S2/c10-8-5-9(16-7-8)6-12-17(14,15)13-3-1-11-2-4-13/h5,7,11-12H,1-4,6H2. The van der Waals surface area contributed by atoms with Gasteiger partial charge < -0.3 is 5.32 Å². The van der Waals surface area contributed by atoms with Gasteiger partial charge in [-0.2, -0.15) is 17.4 Å². The molecule has 0 saturated carbocycles. The van der Waals surface area contributed by atoms with E-state index in [1.165, 1.54) is 15.6 Å². The summed E-state index contributed by atoms with van der Waals surface area (Å²) in [5, 5.41) is 5.06. The number of piperazine rings is 1. The SMILES string of the molecule is O=S(=O)(NCc1cc(Br)cs1)N1CCNCC1. The molecule has 1 aliphatic heterocycles. The molecule has 1 aliphatic rings. The van der Waals surface area contributed by atoms with Crippen LogP contribution in [-0.2, 0) is 16.8 Å². The predicted octanol–water partition coefficient (Wildman–Crippen LogP) is 0.750. The normalized spacial score (nSPS) is 18.4. The summed E-state index contributed by atoms with van der Waals surface area (Å²) in [4.78, 5) is 0.996. The van der Waals surface area contributed by atoms with Gasteiger partial charge in [0.2, 0.25) is 0 Å². The van der Waals surface area contributed by atoms with E-state index in [-0.39, 0.29) is 0 Å². The van der Waals surface area contributed by atoms with Gasteiger partial charge in [-0.25, -0.2) is 0 Å². The molecule has 1 saturated heterocycles. The summed E-state index contributed by atoms with van der Waals surface area (Å²) in [6, 6.07) is 1.92. The van der Waals surface area contributed by atoms with Crippen molar-refractivity contribution in [3.63, 3.8) is 0 Å². The number of rotatable bonds is 4. The molecule has 0 unspecified atom stereocenters. The van der Waals surface area contributed by atoms with Crippen LogP contribution in [0.3, 0.4) is 0 Å². The van der Waals surface area contributed by atoms with Gasteiger partial charge in [0.15, 0.2) is 0 Å². The van der Waals surface area contributed by atoms with Crippen LogP contribution in [-0.4, -0.2) is 38.9 Å². The fourth-order valence-electron chi connectivity index (χ4n) is 1.58. The molecule has 0 aromatic carbocycles. The van der Waals surface area contributed by atoms with Crippen LogP contribution in [0.5, 0.6) is 0 Å². The predicted molar refractivity (Wildman–Crippen MR) is 72.2 cm³/mol. The third-order valence-corrected chi connectivity index (χ3v) is 5.72. The van der Waals surface area contributed by atoms with Crippen molar-refractivity contribution < 1.29 is 8.42 Å². The highest BCUT2D eigenvalue weighted by molar-refractivity contribution is 9.10. The van der Waals surface area contributed by atoms with E-state index in [9.17, 15) is 8.42 Å². The first-order valence-corrected chi connectivity index (χ1v) is 8.37. The van der Waals surface area contributed by atoms with Gasteiger partial charge in [0.1, 0.15) is 0 Å². The third-order valence-electron chi connectivity index (χ3n) is 2.47. The van der Waals surface area contributed by atoms with E-state index >= 15 is 0 Å². The third kappa shape index (κ3) is 3.73. The maximum Gasteiger partial charge on any atom is 0.279 e. The zero-order valence-electron chi connectivity index (χ0n) is 9.15. The molecule has 96 valence electrons. The minimum Gasteiger partial charge on any atom is -0.314 e. The summed E-state index contributed by atoms with van der Waals surface area (Å²) >= 11 is 4.88. The molecule has 2 rings (SSSR count). The highest BCUT2D eigenvalue weighted by Crippen LogP contribution is 2.19. The van der Waals surface area contributed by atoms with Gasteiger partial charge in [-0.3, -0.25) is 0 Å². The Balaban J connectivity index is 1.92. The lowest BCUT2D eigenvalue weighted by atomic mass is 10.4. The van der Waals surface area contributed by atoms with E-state index < -0.39 is 10.2 Å². The van der Waals surface area contributed by atoms with Crippen LogP contribution in [0.25, 0.3) is 0 Å². The van der Waals surface area contributed by atoms with E-state index in [2.05, 4.69) is 26.0 Å². The lowest BCUT2D eigenvalue weighted by Crippen LogP contribution is -2.50. The molecule has 17 heavy (non-hydrogen) atoms. The summed E-state index contributed by atoms with van der Waals surface area (Å²) in [5.41, 5.74) is 0. The van der Waals surface area contributed by atoms with Crippen molar-refractivity contribution in [3.8, 4) is 0 Å². The van der Waals surface area contributed by atoms with Crippen molar-refractivity contribution in [3.05, 3.63) is 20.8 Å². The zero-order valence-corrected chi connectivity index (χ0v) is 12.4. The van der Waals surface area contributed by atoms with Crippen LogP contribution in [0, 0.1) is 0 Å². The van der Waals surface area contributed by atoms with E-state index in [0.717, 1.165) is 9.35 Å². The second-order valence-corrected chi connectivity index (χ2v) is 7.37. The molecule has 0 atom stereocenters. The Morgan fingerprint density at radius 1 is 1.47 bits per heavy atom. The Hall–Kier alpha value is 0.01000. The van der Waals surface area contributed by atoms with Crippen LogP contribution in [0.2, 0.25) is 0 Å². The quantitative estimate of drug-likeness (QED) is 0.850. The van der Waals surface area contributed by atoms with Crippen LogP contribution in [0.15, 0.2) is 15.9 Å². The maximum atomic E-state index is 11.9. The second-order valence-electron chi connectivity index (χ2n) is 3.71. The number of thiophene rings is 1. The highest BCUT2D eigenvalue weighted by atomic mass is 79.9. The van der Waals surface area contributed by atoms with Crippen LogP contribution in [0.1, 0.15) is 4.88 Å². The number of hydrogen-bond acceptors (Lipinski definition) is 4. The smallest absolute Gasteiger partial charge is 0.279 e. The molecule has 2 heterocycles. The molecule has 2 N–H and O–H groups in total. The number of nitrogens with one attached hydrogen (secondary N) is 2. The topological polar surface area (TPSA) is 61.4 Å². The summed E-state index contributed by atoms with van der Waals surface area (Å²) in [6.07, 6.45) is 0. The van der Waals surface area contributed by atoms with Crippen LogP contribution >= 0.6 is 27.3 Å². The van der Waals surface area contributed by atoms with Crippen LogP contribution < -0.4 is 10.0 Å². The second kappa shape index (κ2) is 5.77. The highest BCUT2D eigenvalue weighted by Gasteiger charge is 2.23. The van der Waals surface area contributed by atoms with Crippen molar-refractivity contribution >= 4 is 37.5 Å². The molecule has 0 amide bonds. The number of nitrogens with zero attached hydrogens (tertiary/aromatic N) is 1. The van der Waals surface area contributed by atoms with Gasteiger partial charge in [0.25, 0.3) is 10.2 Å². The molecule has 0 bridgehead atoms. The van der Waals surface area contributed by atoms with Crippen molar-refractivity contribution in [2.24, 2.45) is 0 Å². The first-order valence-electron chi connectivity index (χ1n) is 5.26.